The molecule has 0 saturated heterocycles. The van der Waals surface area contributed by atoms with Crippen LogP contribution in [0.25, 0.3) is 0 Å². The van der Waals surface area contributed by atoms with Crippen molar-refractivity contribution in [1.29, 1.82) is 0 Å². The number of hydrogen-bond acceptors (Lipinski definition) is 5. The summed E-state index contributed by atoms with van der Waals surface area (Å²) in [7, 11) is 0. The van der Waals surface area contributed by atoms with Crippen LogP contribution in [0.3, 0.4) is 0 Å². The van der Waals surface area contributed by atoms with E-state index in [1.807, 2.05) is 30.3 Å². The average Bonchev–Trinajstić information content (AvgIpc) is 3.39. The molecule has 5 saturated carbocycles. The van der Waals surface area contributed by atoms with Gasteiger partial charge in [-0.2, -0.15) is 0 Å². The number of fused-ring (bicyclic) bond motifs is 7. The largest absolute Gasteiger partial charge is 0.463 e. The summed E-state index contributed by atoms with van der Waals surface area (Å²) in [5.41, 5.74) is 2.99. The Hall–Kier alpha value is -1.43. The van der Waals surface area contributed by atoms with E-state index in [0.717, 1.165) is 35.7 Å². The van der Waals surface area contributed by atoms with Gasteiger partial charge in [0.05, 0.1) is 12.5 Å². The van der Waals surface area contributed by atoms with Crippen LogP contribution in [0.5, 0.6) is 0 Å². The number of aliphatic hydroxyl groups is 3. The summed E-state index contributed by atoms with van der Waals surface area (Å²) >= 11 is 0. The molecule has 5 aliphatic carbocycles. The molecular formula is C43H68O5. The molecule has 5 heteroatoms. The highest BCUT2D eigenvalue weighted by molar-refractivity contribution is 5.72. The minimum Gasteiger partial charge on any atom is -0.463 e. The summed E-state index contributed by atoms with van der Waals surface area (Å²) < 4.78 is 5.23. The van der Waals surface area contributed by atoms with Gasteiger partial charge in [0.1, 0.15) is 18.8 Å². The molecule has 0 spiro atoms. The zero-order chi connectivity index (χ0) is 34.7. The maximum absolute atomic E-state index is 12.2. The third-order valence-corrected chi connectivity index (χ3v) is 16.8. The number of carbonyl (C=O) groups excluding carboxylic acids is 1. The monoisotopic (exact) mass is 665 g/mol. The molecule has 48 heavy (non-hydrogen) atoms. The molecule has 0 aliphatic heterocycles. The van der Waals surface area contributed by atoms with E-state index < -0.39 is 24.3 Å². The van der Waals surface area contributed by atoms with Gasteiger partial charge in [0, 0.05) is 0 Å². The number of benzene rings is 1. The van der Waals surface area contributed by atoms with Crippen LogP contribution >= 0.6 is 0 Å². The first-order valence-corrected chi connectivity index (χ1v) is 19.8. The van der Waals surface area contributed by atoms with E-state index >= 15 is 0 Å². The molecule has 5 fully saturated rings. The van der Waals surface area contributed by atoms with Crippen LogP contribution in [0.1, 0.15) is 138 Å². The van der Waals surface area contributed by atoms with Crippen molar-refractivity contribution in [2.75, 3.05) is 6.61 Å². The van der Waals surface area contributed by atoms with Gasteiger partial charge in [-0.05, 0) is 145 Å². The molecule has 6 rings (SSSR count). The molecular weight excluding hydrogens is 596 g/mol. The van der Waals surface area contributed by atoms with Crippen molar-refractivity contribution in [3.05, 3.63) is 35.9 Å². The molecule has 0 bridgehead atoms. The Kier molecular flexibility index (Phi) is 10.1. The number of aliphatic hydroxyl groups excluding tert-OH is 3. The third kappa shape index (κ3) is 6.02. The van der Waals surface area contributed by atoms with Crippen LogP contribution in [0.2, 0.25) is 0 Å². The summed E-state index contributed by atoms with van der Waals surface area (Å²) in [5.74, 6) is 3.86. The van der Waals surface area contributed by atoms with Gasteiger partial charge >= 0.3 is 5.97 Å². The Bertz CT molecular complexity index is 1280. The first kappa shape index (κ1) is 36.4. The average molecular weight is 665 g/mol. The molecule has 0 aromatic heterocycles. The molecule has 3 N–H and O–H groups in total. The van der Waals surface area contributed by atoms with Gasteiger partial charge in [-0.15, -0.1) is 0 Å². The second kappa shape index (κ2) is 13.3. The van der Waals surface area contributed by atoms with Crippen molar-refractivity contribution in [3.8, 4) is 0 Å². The minimum absolute atomic E-state index is 0.114. The van der Waals surface area contributed by atoms with Crippen molar-refractivity contribution in [3.63, 3.8) is 0 Å². The molecule has 0 amide bonds. The number of carbonyl (C=O) groups is 1. The van der Waals surface area contributed by atoms with Crippen LogP contribution < -0.4 is 0 Å². The molecule has 0 heterocycles. The van der Waals surface area contributed by atoms with Crippen LogP contribution in [0.15, 0.2) is 30.3 Å². The first-order chi connectivity index (χ1) is 22.6. The lowest BCUT2D eigenvalue weighted by Crippen LogP contribution is -2.65. The second-order valence-corrected chi connectivity index (χ2v) is 19.3. The maximum Gasteiger partial charge on any atom is 0.310 e. The highest BCUT2D eigenvalue weighted by atomic mass is 16.5. The highest BCUT2D eigenvalue weighted by Gasteiger charge is 2.70. The Balaban J connectivity index is 1.05. The predicted octanol–water partition coefficient (Wildman–Crippen LogP) is 8.76. The van der Waals surface area contributed by atoms with Gasteiger partial charge < -0.3 is 20.1 Å². The normalized spacial score (nSPS) is 42.7. The summed E-state index contributed by atoms with van der Waals surface area (Å²) in [4.78, 5) is 12.2. The van der Waals surface area contributed by atoms with Crippen LogP contribution in [0, 0.1) is 62.6 Å². The summed E-state index contributed by atoms with van der Waals surface area (Å²) in [6.45, 7) is 18.1. The fourth-order valence-corrected chi connectivity index (χ4v) is 14.2. The van der Waals surface area contributed by atoms with Crippen LogP contribution in [0.4, 0.5) is 0 Å². The van der Waals surface area contributed by atoms with E-state index in [-0.39, 0.29) is 13.0 Å². The fourth-order valence-electron chi connectivity index (χ4n) is 14.2. The van der Waals surface area contributed by atoms with Gasteiger partial charge in [0.25, 0.3) is 0 Å². The predicted molar refractivity (Wildman–Crippen MR) is 192 cm³/mol. The summed E-state index contributed by atoms with van der Waals surface area (Å²) in [6, 6.07) is 9.32. The Morgan fingerprint density at radius 1 is 0.750 bits per heavy atom. The first-order valence-electron chi connectivity index (χ1n) is 19.8. The SMILES string of the molecule is C[C@H](CC[C@@H](O)[C@@H](O)[C@@H](O)COC(=O)Cc1ccccc1)[C@H]1CC[C@]2(C)[C@H]3CC[C@@H]4[C@@]5(C)CCCC(C)(C)[C@@H]5CC[C@@]4(C)[C@]3(C)CC[C@@H]12. The van der Waals surface area contributed by atoms with E-state index in [9.17, 15) is 20.1 Å². The van der Waals surface area contributed by atoms with E-state index in [1.165, 1.54) is 70.6 Å². The third-order valence-electron chi connectivity index (χ3n) is 16.8. The number of esters is 1. The Labute approximate surface area is 292 Å². The zero-order valence-electron chi connectivity index (χ0n) is 31.3. The molecule has 1 aromatic rings. The van der Waals surface area contributed by atoms with E-state index in [4.69, 9.17) is 4.74 Å². The molecule has 1 aromatic carbocycles. The molecule has 5 nitrogen and oxygen atoms in total. The molecule has 13 atom stereocenters. The number of rotatable bonds is 10. The van der Waals surface area contributed by atoms with Gasteiger partial charge in [-0.3, -0.25) is 4.79 Å². The lowest BCUT2D eigenvalue weighted by molar-refractivity contribution is -0.241. The molecule has 0 radical (unpaired) electrons. The minimum atomic E-state index is -1.34. The van der Waals surface area contributed by atoms with Gasteiger partial charge in [0.2, 0.25) is 0 Å². The fraction of sp³-hybridized carbons (Fsp3) is 0.837. The van der Waals surface area contributed by atoms with Crippen molar-refractivity contribution in [2.45, 2.75) is 157 Å². The summed E-state index contributed by atoms with van der Waals surface area (Å²) in [6.07, 6.45) is 12.8. The van der Waals surface area contributed by atoms with Gasteiger partial charge in [0.15, 0.2) is 0 Å². The van der Waals surface area contributed by atoms with Crippen molar-refractivity contribution < 1.29 is 24.9 Å². The van der Waals surface area contributed by atoms with E-state index in [1.54, 1.807) is 0 Å². The molecule has 0 unspecified atom stereocenters. The quantitative estimate of drug-likeness (QED) is 0.218. The highest BCUT2D eigenvalue weighted by Crippen LogP contribution is 2.78. The van der Waals surface area contributed by atoms with E-state index in [2.05, 4.69) is 48.5 Å². The zero-order valence-corrected chi connectivity index (χ0v) is 31.3. The van der Waals surface area contributed by atoms with Crippen LogP contribution in [-0.2, 0) is 16.0 Å². The van der Waals surface area contributed by atoms with Gasteiger partial charge in [-0.25, -0.2) is 0 Å². The number of ether oxygens (including phenoxy) is 1. The lowest BCUT2D eigenvalue weighted by Gasteiger charge is -2.73. The van der Waals surface area contributed by atoms with Crippen molar-refractivity contribution in [1.82, 2.24) is 0 Å². The molecule has 270 valence electrons. The Morgan fingerprint density at radius 2 is 1.40 bits per heavy atom. The van der Waals surface area contributed by atoms with Crippen LogP contribution in [-0.4, -0.2) is 46.2 Å². The Morgan fingerprint density at radius 3 is 2.08 bits per heavy atom. The van der Waals surface area contributed by atoms with E-state index in [0.29, 0.717) is 45.3 Å². The van der Waals surface area contributed by atoms with Crippen molar-refractivity contribution >= 4 is 5.97 Å². The van der Waals surface area contributed by atoms with Crippen molar-refractivity contribution in [2.24, 2.45) is 62.6 Å². The number of hydrogen-bond donors (Lipinski definition) is 3. The molecule has 5 aliphatic rings. The topological polar surface area (TPSA) is 87.0 Å². The second-order valence-electron chi connectivity index (χ2n) is 19.3. The maximum atomic E-state index is 12.2. The summed E-state index contributed by atoms with van der Waals surface area (Å²) in [5, 5.41) is 32.1. The lowest BCUT2D eigenvalue weighted by atomic mass is 9.32. The standard InChI is InChI=1S/C43H68O5/c1-28(14-15-32(44)38(47)33(45)27-48-37(46)26-29-12-9-8-10-13-29)30-18-23-40(4)31(30)19-24-42(6)35(40)16-17-36-41(5)22-11-21-39(2,3)34(41)20-25-43(36,42)7/h8-10,12-13,28,30-36,38,44-45,47H,11,14-27H2,1-7H3/t28-,30-,31+,32-,33+,34+,35-,36-,38-,40+,41+,42-,43-/m1/s1. The van der Waals surface area contributed by atoms with Gasteiger partial charge in [-0.1, -0.05) is 85.2 Å². The smallest absolute Gasteiger partial charge is 0.310 e.